The Morgan fingerprint density at radius 2 is 1.89 bits per heavy atom. The standard InChI is InChI=1S/C11H13NO6S/c1-7-2-3-8(11(15)16)6-9(7)19(17,18)12-5-4-10(13)14/h2-3,6,12H,4-5H2,1H3,(H,13,14)(H,15,16). The van der Waals surface area contributed by atoms with E-state index in [1.807, 2.05) is 0 Å². The zero-order chi connectivity index (χ0) is 14.6. The Morgan fingerprint density at radius 1 is 1.26 bits per heavy atom. The fourth-order valence-corrected chi connectivity index (χ4v) is 2.69. The summed E-state index contributed by atoms with van der Waals surface area (Å²) in [5.74, 6) is -2.36. The highest BCUT2D eigenvalue weighted by Gasteiger charge is 2.18. The molecule has 0 unspecified atom stereocenters. The molecule has 0 aliphatic carbocycles. The van der Waals surface area contributed by atoms with Crippen LogP contribution in [0.5, 0.6) is 0 Å². The number of aromatic carboxylic acids is 1. The van der Waals surface area contributed by atoms with Gasteiger partial charge in [-0.25, -0.2) is 17.9 Å². The van der Waals surface area contributed by atoms with Gasteiger partial charge in [-0.3, -0.25) is 4.79 Å². The van der Waals surface area contributed by atoms with Gasteiger partial charge in [0.2, 0.25) is 10.0 Å². The summed E-state index contributed by atoms with van der Waals surface area (Å²) >= 11 is 0. The number of carboxylic acids is 2. The quantitative estimate of drug-likeness (QED) is 0.698. The number of benzene rings is 1. The molecule has 0 aliphatic heterocycles. The molecule has 0 atom stereocenters. The lowest BCUT2D eigenvalue weighted by atomic mass is 10.1. The lowest BCUT2D eigenvalue weighted by Gasteiger charge is -2.09. The average Bonchev–Trinajstić information content (AvgIpc) is 2.28. The van der Waals surface area contributed by atoms with Crippen molar-refractivity contribution in [2.24, 2.45) is 0 Å². The molecule has 0 fully saturated rings. The van der Waals surface area contributed by atoms with Gasteiger partial charge in [-0.1, -0.05) is 6.07 Å². The highest BCUT2D eigenvalue weighted by Crippen LogP contribution is 2.17. The van der Waals surface area contributed by atoms with Crippen LogP contribution in [0.2, 0.25) is 0 Å². The molecule has 8 heteroatoms. The van der Waals surface area contributed by atoms with Crippen molar-refractivity contribution >= 4 is 22.0 Å². The smallest absolute Gasteiger partial charge is 0.335 e. The fraction of sp³-hybridized carbons (Fsp3) is 0.273. The summed E-state index contributed by atoms with van der Waals surface area (Å²) in [7, 11) is -3.92. The van der Waals surface area contributed by atoms with E-state index in [4.69, 9.17) is 10.2 Å². The van der Waals surface area contributed by atoms with Crippen LogP contribution in [-0.4, -0.2) is 37.1 Å². The number of rotatable bonds is 6. The van der Waals surface area contributed by atoms with Crippen molar-refractivity contribution in [1.29, 1.82) is 0 Å². The fourth-order valence-electron chi connectivity index (χ4n) is 1.39. The molecular weight excluding hydrogens is 274 g/mol. The maximum atomic E-state index is 11.9. The summed E-state index contributed by atoms with van der Waals surface area (Å²) in [5.41, 5.74) is 0.233. The van der Waals surface area contributed by atoms with Gasteiger partial charge < -0.3 is 10.2 Å². The molecule has 0 saturated carbocycles. The molecule has 1 aromatic rings. The lowest BCUT2D eigenvalue weighted by Crippen LogP contribution is -2.27. The Morgan fingerprint density at radius 3 is 2.42 bits per heavy atom. The molecule has 0 radical (unpaired) electrons. The van der Waals surface area contributed by atoms with Crippen LogP contribution in [0.4, 0.5) is 0 Å². The number of nitrogens with one attached hydrogen (secondary N) is 1. The Kier molecular flexibility index (Phi) is 4.62. The largest absolute Gasteiger partial charge is 0.481 e. The Bertz CT molecular complexity index is 608. The summed E-state index contributed by atoms with van der Waals surface area (Å²) in [6, 6.07) is 3.73. The summed E-state index contributed by atoms with van der Waals surface area (Å²) in [4.78, 5) is 21.0. The molecule has 0 spiro atoms. The van der Waals surface area contributed by atoms with E-state index in [0.29, 0.717) is 5.56 Å². The van der Waals surface area contributed by atoms with E-state index in [9.17, 15) is 18.0 Å². The van der Waals surface area contributed by atoms with E-state index < -0.39 is 22.0 Å². The van der Waals surface area contributed by atoms with Gasteiger partial charge in [-0.05, 0) is 24.6 Å². The van der Waals surface area contributed by atoms with Crippen LogP contribution in [-0.2, 0) is 14.8 Å². The molecule has 3 N–H and O–H groups in total. The van der Waals surface area contributed by atoms with Gasteiger partial charge >= 0.3 is 11.9 Å². The SMILES string of the molecule is Cc1ccc(C(=O)O)cc1S(=O)(=O)NCCC(=O)O. The molecule has 0 amide bonds. The van der Waals surface area contributed by atoms with Crippen molar-refractivity contribution in [1.82, 2.24) is 4.72 Å². The summed E-state index contributed by atoms with van der Waals surface area (Å²) < 4.78 is 25.9. The second kappa shape index (κ2) is 5.81. The van der Waals surface area contributed by atoms with Crippen molar-refractivity contribution < 1.29 is 28.2 Å². The first kappa shape index (κ1) is 15.1. The van der Waals surface area contributed by atoms with Crippen LogP contribution in [0.1, 0.15) is 22.3 Å². The third kappa shape index (κ3) is 4.04. The van der Waals surface area contributed by atoms with Gasteiger partial charge in [0.1, 0.15) is 0 Å². The van der Waals surface area contributed by atoms with E-state index >= 15 is 0 Å². The van der Waals surface area contributed by atoms with E-state index in [-0.39, 0.29) is 23.4 Å². The number of aliphatic carboxylic acids is 1. The molecule has 19 heavy (non-hydrogen) atoms. The number of sulfonamides is 1. The Labute approximate surface area is 109 Å². The van der Waals surface area contributed by atoms with E-state index in [1.54, 1.807) is 0 Å². The second-order valence-corrected chi connectivity index (χ2v) is 5.56. The molecule has 1 aromatic carbocycles. The zero-order valence-corrected chi connectivity index (χ0v) is 10.9. The highest BCUT2D eigenvalue weighted by molar-refractivity contribution is 7.89. The third-order valence-electron chi connectivity index (χ3n) is 2.36. The first-order valence-corrected chi connectivity index (χ1v) is 6.78. The minimum absolute atomic E-state index is 0.149. The van der Waals surface area contributed by atoms with E-state index in [2.05, 4.69) is 4.72 Å². The number of carboxylic acid groups (broad SMARTS) is 2. The number of aryl methyl sites for hydroxylation is 1. The summed E-state index contributed by atoms with van der Waals surface area (Å²) in [6.07, 6.45) is -0.350. The number of hydrogen-bond acceptors (Lipinski definition) is 4. The van der Waals surface area contributed by atoms with Gasteiger partial charge in [-0.15, -0.1) is 0 Å². The monoisotopic (exact) mass is 287 g/mol. The van der Waals surface area contributed by atoms with Crippen LogP contribution < -0.4 is 4.72 Å². The maximum absolute atomic E-state index is 11.9. The summed E-state index contributed by atoms with van der Waals surface area (Å²) in [5, 5.41) is 17.3. The predicted molar refractivity (Wildman–Crippen MR) is 65.6 cm³/mol. The van der Waals surface area contributed by atoms with Crippen molar-refractivity contribution in [2.45, 2.75) is 18.2 Å². The van der Waals surface area contributed by atoms with Crippen LogP contribution in [0, 0.1) is 6.92 Å². The van der Waals surface area contributed by atoms with Crippen LogP contribution in [0.3, 0.4) is 0 Å². The van der Waals surface area contributed by atoms with Gasteiger partial charge in [0.25, 0.3) is 0 Å². The minimum atomic E-state index is -3.92. The Balaban J connectivity index is 3.03. The second-order valence-electron chi connectivity index (χ2n) is 3.83. The first-order chi connectivity index (χ1) is 8.74. The van der Waals surface area contributed by atoms with Gasteiger partial charge in [0.15, 0.2) is 0 Å². The summed E-state index contributed by atoms with van der Waals surface area (Å²) in [6.45, 7) is 1.27. The molecule has 0 saturated heterocycles. The van der Waals surface area contributed by atoms with Gasteiger partial charge in [-0.2, -0.15) is 0 Å². The van der Waals surface area contributed by atoms with Crippen LogP contribution in [0.25, 0.3) is 0 Å². The molecular formula is C11H13NO6S. The third-order valence-corrected chi connectivity index (χ3v) is 3.96. The first-order valence-electron chi connectivity index (χ1n) is 5.29. The number of hydrogen-bond donors (Lipinski definition) is 3. The van der Waals surface area contributed by atoms with Gasteiger partial charge in [0, 0.05) is 6.54 Å². The molecule has 0 aliphatic rings. The molecule has 7 nitrogen and oxygen atoms in total. The van der Waals surface area contributed by atoms with E-state index in [0.717, 1.165) is 6.07 Å². The predicted octanol–water partition coefficient (Wildman–Crippen LogP) is 0.446. The van der Waals surface area contributed by atoms with Crippen molar-refractivity contribution in [2.75, 3.05) is 6.54 Å². The molecule has 0 bridgehead atoms. The highest BCUT2D eigenvalue weighted by atomic mass is 32.2. The topological polar surface area (TPSA) is 121 Å². The average molecular weight is 287 g/mol. The minimum Gasteiger partial charge on any atom is -0.481 e. The number of carbonyl (C=O) groups is 2. The molecule has 0 heterocycles. The van der Waals surface area contributed by atoms with E-state index in [1.165, 1.54) is 19.1 Å². The molecule has 104 valence electrons. The Hall–Kier alpha value is -1.93. The lowest BCUT2D eigenvalue weighted by molar-refractivity contribution is -0.136. The van der Waals surface area contributed by atoms with Gasteiger partial charge in [0.05, 0.1) is 16.9 Å². The van der Waals surface area contributed by atoms with Crippen LogP contribution in [0.15, 0.2) is 23.1 Å². The van der Waals surface area contributed by atoms with Crippen LogP contribution >= 0.6 is 0 Å². The van der Waals surface area contributed by atoms with Crippen molar-refractivity contribution in [3.05, 3.63) is 29.3 Å². The zero-order valence-electron chi connectivity index (χ0n) is 10.1. The normalized spacial score (nSPS) is 11.2. The molecule has 0 aromatic heterocycles. The van der Waals surface area contributed by atoms with Crippen molar-refractivity contribution in [3.8, 4) is 0 Å². The molecule has 1 rings (SSSR count). The van der Waals surface area contributed by atoms with Crippen molar-refractivity contribution in [3.63, 3.8) is 0 Å². The maximum Gasteiger partial charge on any atom is 0.335 e.